The molecule has 3 aromatic rings. The number of hydrogen-bond acceptors (Lipinski definition) is 4. The Morgan fingerprint density at radius 2 is 2.00 bits per heavy atom. The lowest BCUT2D eigenvalue weighted by atomic mass is 10.0. The summed E-state index contributed by atoms with van der Waals surface area (Å²) in [5.74, 6) is 0.646. The van der Waals surface area contributed by atoms with E-state index >= 15 is 0 Å². The lowest BCUT2D eigenvalue weighted by Gasteiger charge is -2.32. The van der Waals surface area contributed by atoms with E-state index in [0.717, 1.165) is 54.8 Å². The summed E-state index contributed by atoms with van der Waals surface area (Å²) in [5.41, 5.74) is 3.82. The maximum absolute atomic E-state index is 12.3. The maximum atomic E-state index is 12.3. The SMILES string of the molecule is COc1ccc2[nH]c(CN3CCC(NC(=O)c4ccccc4)CC3)cc2n1. The molecule has 0 atom stereocenters. The summed E-state index contributed by atoms with van der Waals surface area (Å²) in [7, 11) is 1.63. The molecule has 0 bridgehead atoms. The van der Waals surface area contributed by atoms with Crippen LogP contribution in [0.5, 0.6) is 5.88 Å². The molecule has 1 fully saturated rings. The van der Waals surface area contributed by atoms with Crippen LogP contribution >= 0.6 is 0 Å². The third-order valence-electron chi connectivity index (χ3n) is 5.07. The molecule has 3 heterocycles. The van der Waals surface area contributed by atoms with Crippen molar-refractivity contribution in [3.8, 4) is 5.88 Å². The number of ether oxygens (including phenoxy) is 1. The number of pyridine rings is 1. The number of piperidine rings is 1. The number of rotatable bonds is 5. The quantitative estimate of drug-likeness (QED) is 0.730. The van der Waals surface area contributed by atoms with Crippen LogP contribution in [-0.2, 0) is 6.54 Å². The van der Waals surface area contributed by atoms with Crippen molar-refractivity contribution in [2.45, 2.75) is 25.4 Å². The number of amides is 1. The fourth-order valence-electron chi connectivity index (χ4n) is 3.58. The van der Waals surface area contributed by atoms with Gasteiger partial charge in [0, 0.05) is 43.0 Å². The van der Waals surface area contributed by atoms with Crippen LogP contribution in [0.25, 0.3) is 11.0 Å². The molecule has 1 aliphatic heterocycles. The minimum Gasteiger partial charge on any atom is -0.481 e. The number of hydrogen-bond donors (Lipinski definition) is 2. The first-order valence-electron chi connectivity index (χ1n) is 9.32. The van der Waals surface area contributed by atoms with Crippen LogP contribution in [0.15, 0.2) is 48.5 Å². The van der Waals surface area contributed by atoms with Crippen LogP contribution in [0.4, 0.5) is 0 Å². The lowest BCUT2D eigenvalue weighted by molar-refractivity contribution is 0.0908. The van der Waals surface area contributed by atoms with Crippen LogP contribution in [0.2, 0.25) is 0 Å². The topological polar surface area (TPSA) is 70.2 Å². The molecule has 0 aliphatic carbocycles. The standard InChI is InChI=1S/C21H24N4O2/c1-27-20-8-7-18-19(24-20)13-17(22-18)14-25-11-9-16(10-12-25)23-21(26)15-5-3-2-4-6-15/h2-8,13,16,22H,9-12,14H2,1H3,(H,23,26). The van der Waals surface area contributed by atoms with Gasteiger partial charge in [0.15, 0.2) is 0 Å². The van der Waals surface area contributed by atoms with Crippen LogP contribution in [-0.4, -0.2) is 47.0 Å². The molecular weight excluding hydrogens is 340 g/mol. The number of likely N-dealkylation sites (tertiary alicyclic amines) is 1. The molecule has 0 unspecified atom stereocenters. The largest absolute Gasteiger partial charge is 0.481 e. The predicted octanol–water partition coefficient (Wildman–Crippen LogP) is 2.97. The highest BCUT2D eigenvalue weighted by Crippen LogP contribution is 2.20. The molecular formula is C21H24N4O2. The molecule has 6 heteroatoms. The minimum absolute atomic E-state index is 0.0182. The van der Waals surface area contributed by atoms with E-state index in [1.165, 1.54) is 0 Å². The van der Waals surface area contributed by atoms with Crippen LogP contribution in [0, 0.1) is 0 Å². The fraction of sp³-hybridized carbons (Fsp3) is 0.333. The van der Waals surface area contributed by atoms with Crippen molar-refractivity contribution >= 4 is 16.9 Å². The van der Waals surface area contributed by atoms with Gasteiger partial charge in [0.1, 0.15) is 0 Å². The number of nitrogens with one attached hydrogen (secondary N) is 2. The van der Waals surface area contributed by atoms with Gasteiger partial charge >= 0.3 is 0 Å². The number of benzene rings is 1. The molecule has 4 rings (SSSR count). The van der Waals surface area contributed by atoms with Gasteiger partial charge in [-0.3, -0.25) is 9.69 Å². The van der Waals surface area contributed by atoms with Gasteiger partial charge in [-0.05, 0) is 37.1 Å². The maximum Gasteiger partial charge on any atom is 0.251 e. The Labute approximate surface area is 158 Å². The van der Waals surface area contributed by atoms with E-state index in [4.69, 9.17) is 4.74 Å². The molecule has 1 saturated heterocycles. The summed E-state index contributed by atoms with van der Waals surface area (Å²) >= 11 is 0. The zero-order valence-corrected chi connectivity index (χ0v) is 15.4. The van der Waals surface area contributed by atoms with Gasteiger partial charge in [-0.1, -0.05) is 18.2 Å². The number of fused-ring (bicyclic) bond motifs is 1. The van der Waals surface area contributed by atoms with Gasteiger partial charge in [-0.25, -0.2) is 4.98 Å². The smallest absolute Gasteiger partial charge is 0.251 e. The number of H-pyrrole nitrogens is 1. The zero-order valence-electron chi connectivity index (χ0n) is 15.4. The number of aromatic nitrogens is 2. The van der Waals surface area contributed by atoms with Crippen molar-refractivity contribution in [3.05, 3.63) is 59.8 Å². The Morgan fingerprint density at radius 3 is 2.74 bits per heavy atom. The second kappa shape index (κ2) is 7.80. The summed E-state index contributed by atoms with van der Waals surface area (Å²) in [6.45, 7) is 2.79. The summed E-state index contributed by atoms with van der Waals surface area (Å²) in [4.78, 5) is 22.6. The van der Waals surface area contributed by atoms with E-state index in [-0.39, 0.29) is 11.9 Å². The van der Waals surface area contributed by atoms with E-state index in [0.29, 0.717) is 5.88 Å². The van der Waals surface area contributed by atoms with Crippen molar-refractivity contribution in [2.75, 3.05) is 20.2 Å². The molecule has 27 heavy (non-hydrogen) atoms. The Hall–Kier alpha value is -2.86. The van der Waals surface area contributed by atoms with Crippen molar-refractivity contribution in [2.24, 2.45) is 0 Å². The normalized spacial score (nSPS) is 15.7. The monoisotopic (exact) mass is 364 g/mol. The van der Waals surface area contributed by atoms with Crippen molar-refractivity contribution in [3.63, 3.8) is 0 Å². The van der Waals surface area contributed by atoms with Crippen LogP contribution in [0.3, 0.4) is 0 Å². The number of methoxy groups -OCH3 is 1. The Morgan fingerprint density at radius 1 is 1.22 bits per heavy atom. The summed E-state index contributed by atoms with van der Waals surface area (Å²) in [6.07, 6.45) is 1.93. The van der Waals surface area contributed by atoms with E-state index in [2.05, 4.69) is 26.3 Å². The van der Waals surface area contributed by atoms with Crippen molar-refractivity contribution < 1.29 is 9.53 Å². The minimum atomic E-state index is 0.0182. The third-order valence-corrected chi connectivity index (χ3v) is 5.07. The number of carbonyl (C=O) groups excluding carboxylic acids is 1. The number of nitrogens with zero attached hydrogens (tertiary/aromatic N) is 2. The van der Waals surface area contributed by atoms with Gasteiger partial charge in [-0.15, -0.1) is 0 Å². The van der Waals surface area contributed by atoms with Gasteiger partial charge in [0.25, 0.3) is 5.91 Å². The van der Waals surface area contributed by atoms with Crippen molar-refractivity contribution in [1.82, 2.24) is 20.2 Å². The Bertz CT molecular complexity index is 914. The third kappa shape index (κ3) is 4.11. The van der Waals surface area contributed by atoms with Gasteiger partial charge in [0.2, 0.25) is 5.88 Å². The molecule has 2 aromatic heterocycles. The molecule has 0 saturated carbocycles. The van der Waals surface area contributed by atoms with Crippen LogP contribution in [0.1, 0.15) is 28.9 Å². The molecule has 1 aliphatic rings. The second-order valence-electron chi connectivity index (χ2n) is 6.97. The molecule has 6 nitrogen and oxygen atoms in total. The summed E-state index contributed by atoms with van der Waals surface area (Å²) in [6, 6.07) is 15.6. The molecule has 0 radical (unpaired) electrons. The predicted molar refractivity (Wildman–Crippen MR) is 105 cm³/mol. The fourth-order valence-corrected chi connectivity index (χ4v) is 3.58. The molecule has 1 amide bonds. The molecule has 140 valence electrons. The van der Waals surface area contributed by atoms with Crippen molar-refractivity contribution in [1.29, 1.82) is 0 Å². The van der Waals surface area contributed by atoms with Gasteiger partial charge in [0.05, 0.1) is 18.1 Å². The Balaban J connectivity index is 1.31. The van der Waals surface area contributed by atoms with Gasteiger partial charge in [-0.2, -0.15) is 0 Å². The second-order valence-corrected chi connectivity index (χ2v) is 6.97. The highest BCUT2D eigenvalue weighted by atomic mass is 16.5. The highest BCUT2D eigenvalue weighted by molar-refractivity contribution is 5.94. The lowest BCUT2D eigenvalue weighted by Crippen LogP contribution is -2.44. The van der Waals surface area contributed by atoms with E-state index in [1.807, 2.05) is 42.5 Å². The average molecular weight is 364 g/mol. The molecule has 0 spiro atoms. The number of aromatic amines is 1. The van der Waals surface area contributed by atoms with E-state index < -0.39 is 0 Å². The Kier molecular flexibility index (Phi) is 5.07. The first-order valence-corrected chi connectivity index (χ1v) is 9.32. The first-order chi connectivity index (χ1) is 13.2. The molecule has 1 aromatic carbocycles. The van der Waals surface area contributed by atoms with Gasteiger partial charge < -0.3 is 15.0 Å². The highest BCUT2D eigenvalue weighted by Gasteiger charge is 2.21. The summed E-state index contributed by atoms with van der Waals surface area (Å²) in [5, 5.41) is 3.16. The first kappa shape index (κ1) is 17.5. The van der Waals surface area contributed by atoms with E-state index in [9.17, 15) is 4.79 Å². The molecule has 2 N–H and O–H groups in total. The van der Waals surface area contributed by atoms with Crippen LogP contribution < -0.4 is 10.1 Å². The number of carbonyl (C=O) groups is 1. The average Bonchev–Trinajstić information content (AvgIpc) is 3.11. The summed E-state index contributed by atoms with van der Waals surface area (Å²) < 4.78 is 5.19. The van der Waals surface area contributed by atoms with E-state index in [1.54, 1.807) is 7.11 Å². The zero-order chi connectivity index (χ0) is 18.6.